The quantitative estimate of drug-likeness (QED) is 0.390. The summed E-state index contributed by atoms with van der Waals surface area (Å²) in [6.07, 6.45) is 3.73. The molecule has 0 saturated carbocycles. The number of rotatable bonds is 11. The first-order valence-electron chi connectivity index (χ1n) is 12.2. The summed E-state index contributed by atoms with van der Waals surface area (Å²) in [7, 11) is 3.31. The van der Waals surface area contributed by atoms with Crippen molar-refractivity contribution in [3.63, 3.8) is 0 Å². The Kier molecular flexibility index (Phi) is 9.27. The second kappa shape index (κ2) is 11.8. The topological polar surface area (TPSA) is 51.2 Å². The van der Waals surface area contributed by atoms with Crippen LogP contribution in [0.25, 0.3) is 0 Å². The fraction of sp³-hybridized carbons (Fsp3) is 0.571. The van der Waals surface area contributed by atoms with E-state index in [-0.39, 0.29) is 6.04 Å². The Morgan fingerprint density at radius 1 is 1.06 bits per heavy atom. The van der Waals surface area contributed by atoms with Crippen molar-refractivity contribution in [2.45, 2.75) is 77.6 Å². The number of ether oxygens (including phenoxy) is 3. The Hall–Kier alpha value is -1.79. The normalized spacial score (nSPS) is 20.4. The van der Waals surface area contributed by atoms with E-state index in [0.717, 1.165) is 37.1 Å². The van der Waals surface area contributed by atoms with Crippen molar-refractivity contribution >= 4 is 11.6 Å². The molecule has 1 saturated heterocycles. The second-order valence-corrected chi connectivity index (χ2v) is 10.2. The van der Waals surface area contributed by atoms with E-state index in [2.05, 4.69) is 37.8 Å². The van der Waals surface area contributed by atoms with Crippen molar-refractivity contribution in [2.24, 2.45) is 0 Å². The van der Waals surface area contributed by atoms with Crippen LogP contribution in [0.1, 0.15) is 61.8 Å². The van der Waals surface area contributed by atoms with Crippen molar-refractivity contribution in [1.82, 2.24) is 4.90 Å². The third kappa shape index (κ3) is 6.25. The van der Waals surface area contributed by atoms with Gasteiger partial charge in [0.2, 0.25) is 0 Å². The number of likely N-dealkylation sites (tertiary alicyclic amines) is 1. The van der Waals surface area contributed by atoms with E-state index in [1.165, 1.54) is 16.7 Å². The zero-order valence-corrected chi connectivity index (χ0v) is 22.2. The van der Waals surface area contributed by atoms with Crippen molar-refractivity contribution in [1.29, 1.82) is 0 Å². The van der Waals surface area contributed by atoms with Crippen LogP contribution in [0, 0.1) is 13.8 Å². The van der Waals surface area contributed by atoms with Crippen LogP contribution in [0.2, 0.25) is 5.02 Å². The average Bonchev–Trinajstić information content (AvgIpc) is 3.14. The first-order chi connectivity index (χ1) is 16.2. The fourth-order valence-electron chi connectivity index (χ4n) is 4.96. The predicted octanol–water partition coefficient (Wildman–Crippen LogP) is 6.03. The minimum Gasteiger partial charge on any atom is -0.495 e. The molecule has 1 N–H and O–H groups in total. The molecule has 3 rings (SSSR count). The number of nitrogens with zero attached hydrogens (tertiary/aromatic N) is 1. The molecule has 0 bridgehead atoms. The molecule has 0 aromatic heterocycles. The van der Waals surface area contributed by atoms with Crippen LogP contribution in [0.3, 0.4) is 0 Å². The summed E-state index contributed by atoms with van der Waals surface area (Å²) >= 11 is 6.20. The summed E-state index contributed by atoms with van der Waals surface area (Å²) in [6.45, 7) is 10.7. The molecule has 2 aromatic rings. The molecule has 0 spiro atoms. The van der Waals surface area contributed by atoms with Crippen molar-refractivity contribution in [3.8, 4) is 11.5 Å². The van der Waals surface area contributed by atoms with Crippen molar-refractivity contribution in [2.75, 3.05) is 27.4 Å². The van der Waals surface area contributed by atoms with Crippen molar-refractivity contribution in [3.05, 3.63) is 57.6 Å². The van der Waals surface area contributed by atoms with Crippen molar-refractivity contribution < 1.29 is 19.3 Å². The standard InChI is InChI=1S/C28H40ClNO4/c1-19-8-11-24(17-28(4,31)23-10-12-25(29)27(16-23)33-6)30(19)18-22-9-13-26(21(3)20(22)2)34-15-7-14-32-5/h9-10,12-13,16,19,24,31H,7-8,11,14-15,17-18H2,1-6H3. The van der Waals surface area contributed by atoms with Crippen LogP contribution in [0.4, 0.5) is 0 Å². The predicted molar refractivity (Wildman–Crippen MR) is 138 cm³/mol. The smallest absolute Gasteiger partial charge is 0.137 e. The van der Waals surface area contributed by atoms with Gasteiger partial charge in [-0.2, -0.15) is 0 Å². The zero-order chi connectivity index (χ0) is 24.9. The van der Waals surface area contributed by atoms with Crippen LogP contribution in [0.15, 0.2) is 30.3 Å². The minimum atomic E-state index is -0.976. The Bertz CT molecular complexity index is 962. The van der Waals surface area contributed by atoms with Crippen LogP contribution >= 0.6 is 11.6 Å². The molecule has 1 fully saturated rings. The van der Waals surface area contributed by atoms with Gasteiger partial charge < -0.3 is 19.3 Å². The minimum absolute atomic E-state index is 0.288. The van der Waals surface area contributed by atoms with Gasteiger partial charge in [-0.05, 0) is 87.4 Å². The molecule has 34 heavy (non-hydrogen) atoms. The second-order valence-electron chi connectivity index (χ2n) is 9.75. The SMILES string of the molecule is COCCCOc1ccc(CN2C(C)CCC2CC(C)(O)c2ccc(Cl)c(OC)c2)c(C)c1C. The monoisotopic (exact) mass is 489 g/mol. The van der Waals surface area contributed by atoms with E-state index in [0.29, 0.717) is 36.4 Å². The van der Waals surface area contributed by atoms with Crippen LogP contribution in [0.5, 0.6) is 11.5 Å². The largest absolute Gasteiger partial charge is 0.495 e. The average molecular weight is 490 g/mol. The Balaban J connectivity index is 1.73. The molecule has 188 valence electrons. The van der Waals surface area contributed by atoms with Gasteiger partial charge in [0.25, 0.3) is 0 Å². The summed E-state index contributed by atoms with van der Waals surface area (Å²) in [6, 6.07) is 10.6. The molecule has 3 unspecified atom stereocenters. The Labute approximate surface area is 210 Å². The number of halogens is 1. The van der Waals surface area contributed by atoms with E-state index < -0.39 is 5.60 Å². The number of hydrogen-bond donors (Lipinski definition) is 1. The highest BCUT2D eigenvalue weighted by atomic mass is 35.5. The van der Waals surface area contributed by atoms with E-state index in [1.807, 2.05) is 19.1 Å². The van der Waals surface area contributed by atoms with Gasteiger partial charge in [0, 0.05) is 38.8 Å². The molecule has 0 aliphatic carbocycles. The lowest BCUT2D eigenvalue weighted by molar-refractivity contribution is 0.0160. The lowest BCUT2D eigenvalue weighted by Crippen LogP contribution is -2.39. The van der Waals surface area contributed by atoms with Gasteiger partial charge in [-0.15, -0.1) is 0 Å². The Morgan fingerprint density at radius 2 is 1.82 bits per heavy atom. The summed E-state index contributed by atoms with van der Waals surface area (Å²) in [5.41, 5.74) is 3.63. The molecular weight excluding hydrogens is 450 g/mol. The molecular formula is C28H40ClNO4. The molecule has 5 nitrogen and oxygen atoms in total. The van der Waals surface area contributed by atoms with Crippen LogP contribution < -0.4 is 9.47 Å². The zero-order valence-electron chi connectivity index (χ0n) is 21.5. The Morgan fingerprint density at radius 3 is 2.53 bits per heavy atom. The molecule has 3 atom stereocenters. The number of methoxy groups -OCH3 is 2. The highest BCUT2D eigenvalue weighted by molar-refractivity contribution is 6.32. The van der Waals surface area contributed by atoms with Crippen LogP contribution in [-0.4, -0.2) is 49.5 Å². The molecule has 6 heteroatoms. The lowest BCUT2D eigenvalue weighted by atomic mass is 9.88. The van der Waals surface area contributed by atoms with Gasteiger partial charge in [-0.1, -0.05) is 23.7 Å². The summed E-state index contributed by atoms with van der Waals surface area (Å²) in [5, 5.41) is 12.0. The van der Waals surface area contributed by atoms with Gasteiger partial charge in [0.15, 0.2) is 0 Å². The van der Waals surface area contributed by atoms with Gasteiger partial charge in [0.1, 0.15) is 11.5 Å². The van der Waals surface area contributed by atoms with Gasteiger partial charge in [0.05, 0.1) is 24.3 Å². The number of hydrogen-bond acceptors (Lipinski definition) is 5. The van der Waals surface area contributed by atoms with Gasteiger partial charge in [-0.3, -0.25) is 4.90 Å². The van der Waals surface area contributed by atoms with E-state index >= 15 is 0 Å². The number of benzene rings is 2. The summed E-state index contributed by atoms with van der Waals surface area (Å²) in [4.78, 5) is 2.54. The highest BCUT2D eigenvalue weighted by Crippen LogP contribution is 2.38. The maximum Gasteiger partial charge on any atom is 0.137 e. The van der Waals surface area contributed by atoms with E-state index in [1.54, 1.807) is 20.3 Å². The van der Waals surface area contributed by atoms with Gasteiger partial charge >= 0.3 is 0 Å². The first-order valence-corrected chi connectivity index (χ1v) is 12.6. The van der Waals surface area contributed by atoms with Gasteiger partial charge in [-0.25, -0.2) is 0 Å². The molecule has 1 aliphatic heterocycles. The summed E-state index contributed by atoms with van der Waals surface area (Å²) < 4.78 is 16.5. The van der Waals surface area contributed by atoms with E-state index in [4.69, 9.17) is 25.8 Å². The summed E-state index contributed by atoms with van der Waals surface area (Å²) in [5.74, 6) is 1.54. The molecule has 0 amide bonds. The number of aliphatic hydroxyl groups is 1. The maximum absolute atomic E-state index is 11.4. The lowest BCUT2D eigenvalue weighted by Gasteiger charge is -2.34. The van der Waals surface area contributed by atoms with Crippen LogP contribution in [-0.2, 0) is 16.9 Å². The molecule has 2 aromatic carbocycles. The van der Waals surface area contributed by atoms with E-state index in [9.17, 15) is 5.11 Å². The molecule has 0 radical (unpaired) electrons. The third-order valence-corrected chi connectivity index (χ3v) is 7.62. The first kappa shape index (κ1) is 26.8. The maximum atomic E-state index is 11.4. The molecule has 1 heterocycles. The molecule has 1 aliphatic rings. The third-order valence-electron chi connectivity index (χ3n) is 7.31. The fourth-order valence-corrected chi connectivity index (χ4v) is 5.16. The highest BCUT2D eigenvalue weighted by Gasteiger charge is 2.37.